The van der Waals surface area contributed by atoms with Crippen molar-refractivity contribution in [1.82, 2.24) is 9.88 Å². The number of aromatic nitrogens is 1. The third-order valence-electron chi connectivity index (χ3n) is 5.40. The molecule has 0 atom stereocenters. The highest BCUT2D eigenvalue weighted by atomic mass is 16.5. The van der Waals surface area contributed by atoms with Crippen LogP contribution >= 0.6 is 0 Å². The van der Waals surface area contributed by atoms with Gasteiger partial charge in [-0.3, -0.25) is 4.90 Å². The van der Waals surface area contributed by atoms with Gasteiger partial charge in [0.1, 0.15) is 18.1 Å². The van der Waals surface area contributed by atoms with Crippen molar-refractivity contribution < 1.29 is 9.47 Å². The second-order valence-corrected chi connectivity index (χ2v) is 7.31. The van der Waals surface area contributed by atoms with Crippen LogP contribution in [0.2, 0.25) is 0 Å². The molecule has 1 aliphatic rings. The summed E-state index contributed by atoms with van der Waals surface area (Å²) in [7, 11) is 1.68. The Labute approximate surface area is 167 Å². The van der Waals surface area contributed by atoms with E-state index < -0.39 is 0 Å². The molecule has 146 valence electrons. The molecule has 0 bridgehead atoms. The average Bonchev–Trinajstić information content (AvgIpc) is 3.25. The van der Waals surface area contributed by atoms with E-state index in [4.69, 9.17) is 9.47 Å². The van der Waals surface area contributed by atoms with Gasteiger partial charge in [0, 0.05) is 18.4 Å². The highest BCUT2D eigenvalue weighted by molar-refractivity contribution is 5.72. The Bertz CT molecular complexity index is 862. The normalized spacial score (nSPS) is 14.8. The zero-order valence-electron chi connectivity index (χ0n) is 16.5. The maximum Gasteiger partial charge on any atom is 0.119 e. The summed E-state index contributed by atoms with van der Waals surface area (Å²) in [6.07, 6.45) is 6.07. The van der Waals surface area contributed by atoms with Gasteiger partial charge in [-0.2, -0.15) is 0 Å². The highest BCUT2D eigenvalue weighted by Gasteiger charge is 2.10. The van der Waals surface area contributed by atoms with Crippen LogP contribution in [0.25, 0.3) is 22.4 Å². The van der Waals surface area contributed by atoms with E-state index in [1.807, 2.05) is 18.3 Å². The summed E-state index contributed by atoms with van der Waals surface area (Å²) in [5.41, 5.74) is 4.59. The Hall–Kier alpha value is -2.72. The first-order valence-electron chi connectivity index (χ1n) is 10.1. The average molecular weight is 377 g/mol. The fourth-order valence-electron chi connectivity index (χ4n) is 3.72. The number of nitrogens with one attached hydrogen (secondary N) is 1. The van der Waals surface area contributed by atoms with Gasteiger partial charge < -0.3 is 14.5 Å². The molecule has 4 heteroatoms. The van der Waals surface area contributed by atoms with E-state index in [-0.39, 0.29) is 0 Å². The minimum Gasteiger partial charge on any atom is -0.497 e. The van der Waals surface area contributed by atoms with E-state index in [1.165, 1.54) is 43.5 Å². The van der Waals surface area contributed by atoms with Crippen molar-refractivity contribution in [2.24, 2.45) is 0 Å². The molecular weight excluding hydrogens is 348 g/mol. The van der Waals surface area contributed by atoms with Crippen molar-refractivity contribution >= 4 is 0 Å². The number of hydrogen-bond acceptors (Lipinski definition) is 3. The molecule has 1 fully saturated rings. The summed E-state index contributed by atoms with van der Waals surface area (Å²) in [6.45, 7) is 4.20. The van der Waals surface area contributed by atoms with Gasteiger partial charge in [0.05, 0.1) is 7.11 Å². The molecule has 0 unspecified atom stereocenters. The fraction of sp³-hybridized carbons (Fsp3) is 0.333. The second-order valence-electron chi connectivity index (χ2n) is 7.31. The van der Waals surface area contributed by atoms with Crippen LogP contribution in [0.4, 0.5) is 0 Å². The molecule has 0 amide bonds. The highest BCUT2D eigenvalue weighted by Crippen LogP contribution is 2.28. The van der Waals surface area contributed by atoms with E-state index >= 15 is 0 Å². The van der Waals surface area contributed by atoms with Crippen LogP contribution in [0.1, 0.15) is 19.3 Å². The molecule has 1 N–H and O–H groups in total. The molecule has 0 saturated carbocycles. The number of H-pyrrole nitrogens is 1. The lowest BCUT2D eigenvalue weighted by atomic mass is 10.1. The molecule has 0 spiro atoms. The van der Waals surface area contributed by atoms with Crippen LogP contribution in [-0.2, 0) is 0 Å². The first-order valence-corrected chi connectivity index (χ1v) is 10.1. The quantitative estimate of drug-likeness (QED) is 0.614. The van der Waals surface area contributed by atoms with Crippen molar-refractivity contribution in [3.05, 3.63) is 60.8 Å². The molecule has 0 radical (unpaired) electrons. The molecule has 3 aromatic rings. The first-order chi connectivity index (χ1) is 13.8. The van der Waals surface area contributed by atoms with Crippen LogP contribution in [0, 0.1) is 0 Å². The number of methoxy groups -OCH3 is 1. The second kappa shape index (κ2) is 8.98. The predicted octanol–water partition coefficient (Wildman–Crippen LogP) is 5.22. The molecule has 4 rings (SSSR count). The molecule has 2 aromatic carbocycles. The van der Waals surface area contributed by atoms with Gasteiger partial charge >= 0.3 is 0 Å². The number of rotatable bonds is 7. The Kier molecular flexibility index (Phi) is 5.98. The lowest BCUT2D eigenvalue weighted by molar-refractivity contribution is 0.183. The topological polar surface area (TPSA) is 37.5 Å². The molecule has 1 aliphatic heterocycles. The number of nitrogens with zero attached hydrogens (tertiary/aromatic N) is 1. The van der Waals surface area contributed by atoms with Crippen molar-refractivity contribution in [2.75, 3.05) is 33.4 Å². The van der Waals surface area contributed by atoms with Crippen LogP contribution in [0.3, 0.4) is 0 Å². The van der Waals surface area contributed by atoms with Crippen molar-refractivity contribution in [1.29, 1.82) is 0 Å². The Morgan fingerprint density at radius 2 is 1.50 bits per heavy atom. The summed E-state index contributed by atoms with van der Waals surface area (Å²) in [5, 5.41) is 0. The minimum absolute atomic E-state index is 0.755. The van der Waals surface area contributed by atoms with Crippen molar-refractivity contribution in [3.8, 4) is 33.9 Å². The molecule has 4 nitrogen and oxygen atoms in total. The summed E-state index contributed by atoms with van der Waals surface area (Å²) < 4.78 is 11.2. The van der Waals surface area contributed by atoms with Gasteiger partial charge in [0.15, 0.2) is 0 Å². The van der Waals surface area contributed by atoms with E-state index in [9.17, 15) is 0 Å². The maximum atomic E-state index is 5.93. The van der Waals surface area contributed by atoms with Gasteiger partial charge in [-0.15, -0.1) is 0 Å². The molecule has 28 heavy (non-hydrogen) atoms. The Balaban J connectivity index is 1.35. The summed E-state index contributed by atoms with van der Waals surface area (Å²) in [4.78, 5) is 5.86. The summed E-state index contributed by atoms with van der Waals surface area (Å²) in [6, 6.07) is 18.6. The Morgan fingerprint density at radius 3 is 2.21 bits per heavy atom. The maximum absolute atomic E-state index is 5.93. The van der Waals surface area contributed by atoms with E-state index in [1.54, 1.807) is 7.11 Å². The molecule has 1 aromatic heterocycles. The third-order valence-corrected chi connectivity index (χ3v) is 5.40. The minimum atomic E-state index is 0.755. The van der Waals surface area contributed by atoms with Gasteiger partial charge in [0.2, 0.25) is 0 Å². The van der Waals surface area contributed by atoms with Crippen LogP contribution in [-0.4, -0.2) is 43.2 Å². The number of hydrogen-bond donors (Lipinski definition) is 1. The van der Waals surface area contributed by atoms with Gasteiger partial charge in [-0.05, 0) is 85.1 Å². The van der Waals surface area contributed by atoms with E-state index in [0.29, 0.717) is 0 Å². The lowest BCUT2D eigenvalue weighted by Gasteiger charge is -2.26. The summed E-state index contributed by atoms with van der Waals surface area (Å²) in [5.74, 6) is 1.80. The van der Waals surface area contributed by atoms with Crippen LogP contribution in [0.5, 0.6) is 11.5 Å². The van der Waals surface area contributed by atoms with Crippen molar-refractivity contribution in [3.63, 3.8) is 0 Å². The lowest BCUT2D eigenvalue weighted by Crippen LogP contribution is -2.33. The molecule has 0 aliphatic carbocycles. The SMILES string of the molecule is COc1ccc(-c2cc(-c3ccc(OCCN4CCCCC4)cc3)c[nH]2)cc1. The van der Waals surface area contributed by atoms with Gasteiger partial charge in [-0.25, -0.2) is 0 Å². The zero-order valence-corrected chi connectivity index (χ0v) is 16.5. The van der Waals surface area contributed by atoms with Crippen molar-refractivity contribution in [2.45, 2.75) is 19.3 Å². The summed E-state index contributed by atoms with van der Waals surface area (Å²) >= 11 is 0. The van der Waals surface area contributed by atoms with Crippen LogP contribution in [0.15, 0.2) is 60.8 Å². The number of piperidine rings is 1. The fourth-order valence-corrected chi connectivity index (χ4v) is 3.72. The molecule has 1 saturated heterocycles. The largest absolute Gasteiger partial charge is 0.497 e. The predicted molar refractivity (Wildman–Crippen MR) is 114 cm³/mol. The standard InChI is InChI=1S/C24H28N2O2/c1-27-22-9-7-20(8-10-22)24-17-21(18-25-24)19-5-11-23(12-6-19)28-16-15-26-13-3-2-4-14-26/h5-12,17-18,25H,2-4,13-16H2,1H3. The number of ether oxygens (including phenoxy) is 2. The smallest absolute Gasteiger partial charge is 0.119 e. The number of aromatic amines is 1. The van der Waals surface area contributed by atoms with Crippen LogP contribution < -0.4 is 9.47 Å². The number of likely N-dealkylation sites (tertiary alicyclic amines) is 1. The Morgan fingerprint density at radius 1 is 0.821 bits per heavy atom. The zero-order chi connectivity index (χ0) is 19.2. The third kappa shape index (κ3) is 4.57. The molecular formula is C24H28N2O2. The van der Waals surface area contributed by atoms with E-state index in [0.717, 1.165) is 35.9 Å². The molecule has 2 heterocycles. The monoisotopic (exact) mass is 376 g/mol. The first kappa shape index (κ1) is 18.6. The van der Waals surface area contributed by atoms with Gasteiger partial charge in [0.25, 0.3) is 0 Å². The van der Waals surface area contributed by atoms with Gasteiger partial charge in [-0.1, -0.05) is 18.6 Å². The van der Waals surface area contributed by atoms with E-state index in [2.05, 4.69) is 52.3 Å². The number of benzene rings is 2.